The highest BCUT2D eigenvalue weighted by molar-refractivity contribution is 5.75. The normalized spacial score (nSPS) is 14.7. The molecule has 6 heteroatoms. The standard InChI is InChI=1S/C15H18N4O2/c1-3-18-13-11(14(20)19(4-2)15(18)21)16-12(17-13)10-8-6-5-7-9-10/h5-6,8H,3-4,7,9H2,1-2H3,(H,16,17). The summed E-state index contributed by atoms with van der Waals surface area (Å²) in [5.74, 6) is 0.682. The summed E-state index contributed by atoms with van der Waals surface area (Å²) in [6.07, 6.45) is 7.92. The van der Waals surface area contributed by atoms with E-state index in [0.717, 1.165) is 18.4 Å². The second-order valence-electron chi connectivity index (χ2n) is 5.02. The number of nitrogens with one attached hydrogen (secondary N) is 1. The zero-order valence-corrected chi connectivity index (χ0v) is 12.2. The fraction of sp³-hybridized carbons (Fsp3) is 0.400. The lowest BCUT2D eigenvalue weighted by atomic mass is 10.1. The van der Waals surface area contributed by atoms with Crippen LogP contribution in [0.5, 0.6) is 0 Å². The van der Waals surface area contributed by atoms with E-state index in [2.05, 4.69) is 16.0 Å². The Labute approximate surface area is 121 Å². The maximum atomic E-state index is 12.4. The fourth-order valence-corrected chi connectivity index (χ4v) is 2.68. The Morgan fingerprint density at radius 2 is 2.00 bits per heavy atom. The molecule has 2 heterocycles. The first-order chi connectivity index (χ1) is 10.2. The summed E-state index contributed by atoms with van der Waals surface area (Å²) in [7, 11) is 0. The van der Waals surface area contributed by atoms with Crippen molar-refractivity contribution in [1.82, 2.24) is 19.1 Å². The van der Waals surface area contributed by atoms with Crippen molar-refractivity contribution in [3.63, 3.8) is 0 Å². The van der Waals surface area contributed by atoms with Crippen molar-refractivity contribution in [3.8, 4) is 0 Å². The molecule has 3 rings (SSSR count). The molecule has 0 saturated heterocycles. The Hall–Kier alpha value is -2.37. The largest absolute Gasteiger partial charge is 0.332 e. The van der Waals surface area contributed by atoms with Gasteiger partial charge in [-0.3, -0.25) is 13.9 Å². The van der Waals surface area contributed by atoms with Gasteiger partial charge in [0.25, 0.3) is 5.56 Å². The number of aryl methyl sites for hydroxylation is 1. The lowest BCUT2D eigenvalue weighted by Gasteiger charge is -2.06. The number of rotatable bonds is 3. The van der Waals surface area contributed by atoms with Crippen molar-refractivity contribution in [3.05, 3.63) is 44.9 Å². The van der Waals surface area contributed by atoms with E-state index < -0.39 is 0 Å². The summed E-state index contributed by atoms with van der Waals surface area (Å²) in [6.45, 7) is 4.51. The molecule has 1 N–H and O–H groups in total. The highest BCUT2D eigenvalue weighted by Gasteiger charge is 2.17. The van der Waals surface area contributed by atoms with Crippen LogP contribution in [0.2, 0.25) is 0 Å². The van der Waals surface area contributed by atoms with E-state index in [-0.39, 0.29) is 11.2 Å². The highest BCUT2D eigenvalue weighted by atomic mass is 16.2. The van der Waals surface area contributed by atoms with E-state index in [9.17, 15) is 9.59 Å². The van der Waals surface area contributed by atoms with Crippen LogP contribution in [-0.2, 0) is 13.1 Å². The third-order valence-electron chi connectivity index (χ3n) is 3.81. The smallest absolute Gasteiger partial charge is 0.332 e. The van der Waals surface area contributed by atoms with Crippen molar-refractivity contribution in [2.24, 2.45) is 0 Å². The van der Waals surface area contributed by atoms with Gasteiger partial charge in [0, 0.05) is 13.1 Å². The predicted octanol–water partition coefficient (Wildman–Crippen LogP) is 1.66. The molecule has 0 fully saturated rings. The zero-order chi connectivity index (χ0) is 15.0. The number of hydrogen-bond acceptors (Lipinski definition) is 3. The lowest BCUT2D eigenvalue weighted by molar-refractivity contribution is 0.605. The minimum Gasteiger partial charge on any atom is -0.332 e. The lowest BCUT2D eigenvalue weighted by Crippen LogP contribution is -2.39. The topological polar surface area (TPSA) is 72.7 Å². The first kappa shape index (κ1) is 13.6. The molecule has 1 aliphatic carbocycles. The van der Waals surface area contributed by atoms with E-state index >= 15 is 0 Å². The third-order valence-corrected chi connectivity index (χ3v) is 3.81. The molecule has 0 unspecified atom stereocenters. The van der Waals surface area contributed by atoms with Crippen LogP contribution in [0.4, 0.5) is 0 Å². The molecular formula is C15H18N4O2. The van der Waals surface area contributed by atoms with Crippen LogP contribution in [0.1, 0.15) is 32.5 Å². The van der Waals surface area contributed by atoms with E-state index in [0.29, 0.717) is 30.1 Å². The number of aromatic amines is 1. The van der Waals surface area contributed by atoms with Gasteiger partial charge in [0.1, 0.15) is 11.3 Å². The molecular weight excluding hydrogens is 268 g/mol. The van der Waals surface area contributed by atoms with Gasteiger partial charge < -0.3 is 4.98 Å². The van der Waals surface area contributed by atoms with Crippen LogP contribution in [-0.4, -0.2) is 19.1 Å². The average Bonchev–Trinajstić information content (AvgIpc) is 2.94. The van der Waals surface area contributed by atoms with Crippen LogP contribution in [0.3, 0.4) is 0 Å². The van der Waals surface area contributed by atoms with Gasteiger partial charge in [-0.2, -0.15) is 0 Å². The minimum atomic E-state index is -0.298. The second kappa shape index (κ2) is 5.20. The molecule has 0 radical (unpaired) electrons. The number of hydrogen-bond donors (Lipinski definition) is 1. The van der Waals surface area contributed by atoms with E-state index in [1.807, 2.05) is 19.1 Å². The Kier molecular flexibility index (Phi) is 3.37. The summed E-state index contributed by atoms with van der Waals surface area (Å²) in [4.78, 5) is 32.3. The number of allylic oxidation sites excluding steroid dienone is 4. The molecule has 21 heavy (non-hydrogen) atoms. The number of fused-ring (bicyclic) bond motifs is 1. The highest BCUT2D eigenvalue weighted by Crippen LogP contribution is 2.22. The van der Waals surface area contributed by atoms with Crippen molar-refractivity contribution in [2.75, 3.05) is 0 Å². The van der Waals surface area contributed by atoms with Gasteiger partial charge in [-0.05, 0) is 32.3 Å². The molecule has 0 atom stereocenters. The molecule has 0 amide bonds. The monoisotopic (exact) mass is 286 g/mol. The van der Waals surface area contributed by atoms with E-state index in [4.69, 9.17) is 0 Å². The second-order valence-corrected chi connectivity index (χ2v) is 5.02. The minimum absolute atomic E-state index is 0.298. The van der Waals surface area contributed by atoms with Crippen molar-refractivity contribution >= 4 is 16.7 Å². The Morgan fingerprint density at radius 3 is 2.62 bits per heavy atom. The number of nitrogens with zero attached hydrogens (tertiary/aromatic N) is 3. The summed E-state index contributed by atoms with van der Waals surface area (Å²) >= 11 is 0. The average molecular weight is 286 g/mol. The SMILES string of the molecule is CCn1c(=O)c2[nH]c(C3=CC=CCC3)nc2n(CC)c1=O. The maximum absolute atomic E-state index is 12.4. The molecule has 0 bridgehead atoms. The van der Waals surface area contributed by atoms with Gasteiger partial charge in [-0.25, -0.2) is 9.78 Å². The molecule has 0 aliphatic heterocycles. The molecule has 1 aliphatic rings. The first-order valence-corrected chi connectivity index (χ1v) is 7.26. The van der Waals surface area contributed by atoms with Gasteiger partial charge in [0.05, 0.1) is 0 Å². The van der Waals surface area contributed by atoms with E-state index in [1.54, 1.807) is 11.5 Å². The van der Waals surface area contributed by atoms with Crippen LogP contribution < -0.4 is 11.2 Å². The first-order valence-electron chi connectivity index (χ1n) is 7.26. The van der Waals surface area contributed by atoms with Gasteiger partial charge in [0.2, 0.25) is 0 Å². The van der Waals surface area contributed by atoms with Crippen LogP contribution in [0.25, 0.3) is 16.7 Å². The fourth-order valence-electron chi connectivity index (χ4n) is 2.68. The van der Waals surface area contributed by atoms with Gasteiger partial charge in [-0.1, -0.05) is 18.2 Å². The Balaban J connectivity index is 2.33. The molecule has 6 nitrogen and oxygen atoms in total. The number of imidazole rings is 1. The molecule has 110 valence electrons. The van der Waals surface area contributed by atoms with Gasteiger partial charge >= 0.3 is 5.69 Å². The van der Waals surface area contributed by atoms with Crippen molar-refractivity contribution in [2.45, 2.75) is 39.8 Å². The molecule has 0 aromatic carbocycles. The summed E-state index contributed by atoms with van der Waals surface area (Å²) in [6, 6.07) is 0. The van der Waals surface area contributed by atoms with Gasteiger partial charge in [0.15, 0.2) is 5.65 Å². The Bertz CT molecular complexity index is 864. The molecule has 2 aromatic rings. The zero-order valence-electron chi connectivity index (χ0n) is 12.2. The third kappa shape index (κ3) is 2.07. The molecule has 2 aromatic heterocycles. The van der Waals surface area contributed by atoms with Crippen LogP contribution >= 0.6 is 0 Å². The maximum Gasteiger partial charge on any atom is 0.332 e. The van der Waals surface area contributed by atoms with Crippen LogP contribution in [0.15, 0.2) is 27.8 Å². The summed E-state index contributed by atoms with van der Waals surface area (Å²) in [5, 5.41) is 0. The molecule has 0 saturated carbocycles. The number of aromatic nitrogens is 4. The van der Waals surface area contributed by atoms with Crippen molar-refractivity contribution < 1.29 is 0 Å². The summed E-state index contributed by atoms with van der Waals surface area (Å²) < 4.78 is 2.78. The van der Waals surface area contributed by atoms with Gasteiger partial charge in [-0.15, -0.1) is 0 Å². The summed E-state index contributed by atoms with van der Waals surface area (Å²) in [5.41, 5.74) is 1.32. The quantitative estimate of drug-likeness (QED) is 0.932. The van der Waals surface area contributed by atoms with Crippen LogP contribution in [0, 0.1) is 0 Å². The van der Waals surface area contributed by atoms with E-state index in [1.165, 1.54) is 4.57 Å². The Morgan fingerprint density at radius 1 is 1.24 bits per heavy atom. The number of H-pyrrole nitrogens is 1. The molecule has 0 spiro atoms. The predicted molar refractivity (Wildman–Crippen MR) is 82.3 cm³/mol. The van der Waals surface area contributed by atoms with Crippen molar-refractivity contribution in [1.29, 1.82) is 0 Å².